The number of aromatic nitrogens is 3. The number of hydrogen-bond acceptors (Lipinski definition) is 5. The monoisotopic (exact) mass is 323 g/mol. The smallest absolute Gasteiger partial charge is 0.235 e. The summed E-state index contributed by atoms with van der Waals surface area (Å²) in [5, 5.41) is 10.4. The van der Waals surface area contributed by atoms with E-state index in [1.165, 1.54) is 7.05 Å². The van der Waals surface area contributed by atoms with E-state index in [1.807, 2.05) is 30.3 Å². The molecule has 9 heteroatoms. The van der Waals surface area contributed by atoms with Gasteiger partial charge in [-0.05, 0) is 12.1 Å². The van der Waals surface area contributed by atoms with E-state index in [4.69, 9.17) is 0 Å². The van der Waals surface area contributed by atoms with Crippen LogP contribution in [0, 0.1) is 0 Å². The highest BCUT2D eigenvalue weighted by Gasteiger charge is 2.15. The zero-order valence-electron chi connectivity index (χ0n) is 12.3. The molecule has 118 valence electrons. The molecule has 1 amide bonds. The van der Waals surface area contributed by atoms with E-state index in [1.54, 1.807) is 10.9 Å². The van der Waals surface area contributed by atoms with Crippen molar-refractivity contribution >= 4 is 15.9 Å². The van der Waals surface area contributed by atoms with Crippen molar-refractivity contribution in [2.75, 3.05) is 19.8 Å². The molecule has 0 radical (unpaired) electrons. The molecule has 0 aliphatic heterocycles. The Kier molecular flexibility index (Phi) is 4.88. The van der Waals surface area contributed by atoms with Crippen LogP contribution < -0.4 is 5.32 Å². The second-order valence-electron chi connectivity index (χ2n) is 4.75. The summed E-state index contributed by atoms with van der Waals surface area (Å²) in [6.07, 6.45) is 2.60. The molecule has 2 rings (SSSR count). The highest BCUT2D eigenvalue weighted by molar-refractivity contribution is 7.88. The first-order chi connectivity index (χ1) is 10.4. The van der Waals surface area contributed by atoms with Crippen molar-refractivity contribution in [2.24, 2.45) is 0 Å². The van der Waals surface area contributed by atoms with Crippen molar-refractivity contribution in [1.29, 1.82) is 0 Å². The molecule has 0 bridgehead atoms. The van der Waals surface area contributed by atoms with Gasteiger partial charge in [-0.2, -0.15) is 4.31 Å². The van der Waals surface area contributed by atoms with Crippen LogP contribution in [0.2, 0.25) is 0 Å². The molecule has 22 heavy (non-hydrogen) atoms. The number of carbonyl (C=O) groups excluding carboxylic acids is 1. The molecule has 1 aromatic heterocycles. The predicted molar refractivity (Wildman–Crippen MR) is 80.7 cm³/mol. The van der Waals surface area contributed by atoms with Crippen LogP contribution in [0.3, 0.4) is 0 Å². The predicted octanol–water partition coefficient (Wildman–Crippen LogP) is -0.225. The molecule has 0 aliphatic rings. The Hall–Kier alpha value is -2.26. The SMILES string of the molecule is CN(CC(=O)NCc1nncn1-c1ccccc1)S(C)(=O)=O. The number of para-hydroxylation sites is 1. The lowest BCUT2D eigenvalue weighted by Crippen LogP contribution is -2.37. The molecule has 0 saturated carbocycles. The van der Waals surface area contributed by atoms with Gasteiger partial charge < -0.3 is 5.32 Å². The van der Waals surface area contributed by atoms with Crippen molar-refractivity contribution in [3.05, 3.63) is 42.5 Å². The largest absolute Gasteiger partial charge is 0.348 e. The first kappa shape index (κ1) is 16.1. The molecule has 1 aromatic carbocycles. The minimum Gasteiger partial charge on any atom is -0.348 e. The normalized spacial score (nSPS) is 11.6. The molecule has 0 atom stereocenters. The molecule has 0 aliphatic carbocycles. The third-order valence-corrected chi connectivity index (χ3v) is 4.29. The molecular weight excluding hydrogens is 306 g/mol. The minimum atomic E-state index is -3.38. The Balaban J connectivity index is 1.99. The van der Waals surface area contributed by atoms with Crippen LogP contribution in [0.5, 0.6) is 0 Å². The highest BCUT2D eigenvalue weighted by Crippen LogP contribution is 2.08. The Morgan fingerprint density at radius 2 is 2.00 bits per heavy atom. The summed E-state index contributed by atoms with van der Waals surface area (Å²) in [6.45, 7) is -0.0797. The minimum absolute atomic E-state index is 0.158. The lowest BCUT2D eigenvalue weighted by atomic mass is 10.3. The number of nitrogens with one attached hydrogen (secondary N) is 1. The highest BCUT2D eigenvalue weighted by atomic mass is 32.2. The van der Waals surface area contributed by atoms with Gasteiger partial charge in [0.25, 0.3) is 0 Å². The van der Waals surface area contributed by atoms with E-state index in [9.17, 15) is 13.2 Å². The number of hydrogen-bond donors (Lipinski definition) is 1. The average Bonchev–Trinajstić information content (AvgIpc) is 2.93. The summed E-state index contributed by atoms with van der Waals surface area (Å²) in [5.41, 5.74) is 0.880. The third-order valence-electron chi connectivity index (χ3n) is 3.03. The molecule has 8 nitrogen and oxygen atoms in total. The van der Waals surface area contributed by atoms with E-state index >= 15 is 0 Å². The zero-order valence-corrected chi connectivity index (χ0v) is 13.1. The van der Waals surface area contributed by atoms with Gasteiger partial charge in [0.1, 0.15) is 6.33 Å². The summed E-state index contributed by atoms with van der Waals surface area (Å²) in [4.78, 5) is 11.8. The molecule has 0 saturated heterocycles. The van der Waals surface area contributed by atoms with Crippen LogP contribution in [0.25, 0.3) is 5.69 Å². The second kappa shape index (κ2) is 6.67. The fourth-order valence-electron chi connectivity index (χ4n) is 1.74. The van der Waals surface area contributed by atoms with Crippen molar-refractivity contribution in [2.45, 2.75) is 6.54 Å². The van der Waals surface area contributed by atoms with E-state index in [-0.39, 0.29) is 13.1 Å². The first-order valence-corrected chi connectivity index (χ1v) is 8.35. The fraction of sp³-hybridized carbons (Fsp3) is 0.308. The van der Waals surface area contributed by atoms with Gasteiger partial charge in [-0.3, -0.25) is 9.36 Å². The summed E-state index contributed by atoms with van der Waals surface area (Å²) in [7, 11) is -2.03. The van der Waals surface area contributed by atoms with Gasteiger partial charge in [-0.1, -0.05) is 18.2 Å². The number of likely N-dealkylation sites (N-methyl/N-ethyl adjacent to an activating group) is 1. The van der Waals surface area contributed by atoms with E-state index in [0.717, 1.165) is 16.2 Å². The lowest BCUT2D eigenvalue weighted by Gasteiger charge is -2.13. The molecule has 0 fully saturated rings. The van der Waals surface area contributed by atoms with Gasteiger partial charge in [0.05, 0.1) is 19.3 Å². The Labute approximate surface area is 128 Å². The van der Waals surface area contributed by atoms with Crippen LogP contribution in [0.1, 0.15) is 5.82 Å². The van der Waals surface area contributed by atoms with Gasteiger partial charge >= 0.3 is 0 Å². The molecule has 1 N–H and O–H groups in total. The maximum atomic E-state index is 11.8. The number of sulfonamides is 1. The number of rotatable bonds is 6. The first-order valence-electron chi connectivity index (χ1n) is 6.50. The van der Waals surface area contributed by atoms with Crippen molar-refractivity contribution in [3.8, 4) is 5.69 Å². The second-order valence-corrected chi connectivity index (χ2v) is 6.84. The van der Waals surface area contributed by atoms with E-state index in [0.29, 0.717) is 5.82 Å². The number of carbonyl (C=O) groups is 1. The Morgan fingerprint density at radius 1 is 1.32 bits per heavy atom. The number of amides is 1. The van der Waals surface area contributed by atoms with Crippen LogP contribution >= 0.6 is 0 Å². The third kappa shape index (κ3) is 4.12. The summed E-state index contributed by atoms with van der Waals surface area (Å²) >= 11 is 0. The van der Waals surface area contributed by atoms with Crippen LogP contribution in [-0.4, -0.2) is 53.2 Å². The summed E-state index contributed by atoms with van der Waals surface area (Å²) < 4.78 is 25.2. The zero-order chi connectivity index (χ0) is 16.2. The standard InChI is InChI=1S/C13H17N5O3S/c1-17(22(2,20)21)9-13(19)14-8-12-16-15-10-18(12)11-6-4-3-5-7-11/h3-7,10H,8-9H2,1-2H3,(H,14,19). The Morgan fingerprint density at radius 3 is 2.64 bits per heavy atom. The molecule has 2 aromatic rings. The van der Waals surface area contributed by atoms with Crippen molar-refractivity contribution < 1.29 is 13.2 Å². The van der Waals surface area contributed by atoms with Gasteiger partial charge in [0.15, 0.2) is 5.82 Å². The lowest BCUT2D eigenvalue weighted by molar-refractivity contribution is -0.121. The topological polar surface area (TPSA) is 97.2 Å². The molecule has 1 heterocycles. The van der Waals surface area contributed by atoms with E-state index in [2.05, 4.69) is 15.5 Å². The average molecular weight is 323 g/mol. The number of benzene rings is 1. The van der Waals surface area contributed by atoms with Crippen LogP contribution in [0.4, 0.5) is 0 Å². The summed E-state index contributed by atoms with van der Waals surface area (Å²) in [5.74, 6) is 0.150. The fourth-order valence-corrected chi connectivity index (χ4v) is 2.09. The number of nitrogens with zero attached hydrogens (tertiary/aromatic N) is 4. The van der Waals surface area contributed by atoms with E-state index < -0.39 is 15.9 Å². The summed E-state index contributed by atoms with van der Waals surface area (Å²) in [6, 6.07) is 9.46. The quantitative estimate of drug-likeness (QED) is 0.792. The Bertz CT molecular complexity index is 742. The van der Waals surface area contributed by atoms with Gasteiger partial charge in [-0.15, -0.1) is 10.2 Å². The molecule has 0 spiro atoms. The maximum Gasteiger partial charge on any atom is 0.235 e. The molecular formula is C13H17N5O3S. The van der Waals surface area contributed by atoms with Gasteiger partial charge in [0.2, 0.25) is 15.9 Å². The van der Waals surface area contributed by atoms with Crippen molar-refractivity contribution in [1.82, 2.24) is 24.4 Å². The van der Waals surface area contributed by atoms with Gasteiger partial charge in [0, 0.05) is 12.7 Å². The van der Waals surface area contributed by atoms with Crippen molar-refractivity contribution in [3.63, 3.8) is 0 Å². The van der Waals surface area contributed by atoms with Crippen LogP contribution in [-0.2, 0) is 21.4 Å². The maximum absolute atomic E-state index is 11.8. The molecule has 0 unspecified atom stereocenters. The van der Waals surface area contributed by atoms with Gasteiger partial charge in [-0.25, -0.2) is 8.42 Å². The van der Waals surface area contributed by atoms with Crippen LogP contribution in [0.15, 0.2) is 36.7 Å².